The smallest absolute Gasteiger partial charge is 0.225 e. The Labute approximate surface area is 95.3 Å². The van der Waals surface area contributed by atoms with Crippen molar-refractivity contribution >= 4 is 22.7 Å². The van der Waals surface area contributed by atoms with Crippen LogP contribution in [0.15, 0.2) is 24.3 Å². The predicted octanol–water partition coefficient (Wildman–Crippen LogP) is 2.13. The van der Waals surface area contributed by atoms with Crippen LogP contribution < -0.4 is 10.2 Å². The van der Waals surface area contributed by atoms with Crippen LogP contribution in [0.3, 0.4) is 0 Å². The Morgan fingerprint density at radius 1 is 1.19 bits per heavy atom. The second-order valence-electron chi connectivity index (χ2n) is 3.81. The number of nitrogens with one attached hydrogen (secondary N) is 1. The second kappa shape index (κ2) is 4.35. The zero-order valence-corrected chi connectivity index (χ0v) is 9.86. The first-order valence-electron chi connectivity index (χ1n) is 5.40. The molecular formula is C12H16N4. The van der Waals surface area contributed by atoms with Gasteiger partial charge in [-0.1, -0.05) is 12.1 Å². The number of nitrogens with zero attached hydrogens (tertiary/aromatic N) is 3. The van der Waals surface area contributed by atoms with E-state index < -0.39 is 0 Å². The maximum Gasteiger partial charge on any atom is 0.225 e. The normalized spacial score (nSPS) is 10.4. The number of hydrogen-bond acceptors (Lipinski definition) is 4. The van der Waals surface area contributed by atoms with Gasteiger partial charge in [0.1, 0.15) is 5.82 Å². The van der Waals surface area contributed by atoms with Crippen LogP contribution in [0.5, 0.6) is 0 Å². The summed E-state index contributed by atoms with van der Waals surface area (Å²) in [6.07, 6.45) is 0. The lowest BCUT2D eigenvalue weighted by molar-refractivity contribution is 1.04. The summed E-state index contributed by atoms with van der Waals surface area (Å²) >= 11 is 0. The number of hydrogen-bond donors (Lipinski definition) is 1. The van der Waals surface area contributed by atoms with Gasteiger partial charge in [-0.25, -0.2) is 4.98 Å². The Bertz CT molecular complexity index is 493. The summed E-state index contributed by atoms with van der Waals surface area (Å²) in [6.45, 7) is 2.86. The minimum Gasteiger partial charge on any atom is -0.362 e. The van der Waals surface area contributed by atoms with E-state index in [0.29, 0.717) is 5.95 Å². The lowest BCUT2D eigenvalue weighted by Gasteiger charge is -2.15. The van der Waals surface area contributed by atoms with Gasteiger partial charge in [0.15, 0.2) is 0 Å². The SMILES string of the molecule is CCNc1nc(N(C)C)c2ccccc2n1. The van der Waals surface area contributed by atoms with Gasteiger partial charge in [-0.15, -0.1) is 0 Å². The van der Waals surface area contributed by atoms with Crippen LogP contribution in [0.25, 0.3) is 10.9 Å². The monoisotopic (exact) mass is 216 g/mol. The molecule has 0 radical (unpaired) electrons. The highest BCUT2D eigenvalue weighted by atomic mass is 15.2. The number of benzene rings is 1. The number of rotatable bonds is 3. The Balaban J connectivity index is 2.64. The van der Waals surface area contributed by atoms with E-state index in [1.165, 1.54) is 0 Å². The van der Waals surface area contributed by atoms with Crippen LogP contribution in [-0.2, 0) is 0 Å². The molecule has 0 atom stereocenters. The minimum absolute atomic E-state index is 0.685. The summed E-state index contributed by atoms with van der Waals surface area (Å²) in [5.74, 6) is 1.63. The van der Waals surface area contributed by atoms with Crippen LogP contribution in [-0.4, -0.2) is 30.6 Å². The van der Waals surface area contributed by atoms with Crippen molar-refractivity contribution in [3.8, 4) is 0 Å². The Morgan fingerprint density at radius 2 is 1.94 bits per heavy atom. The molecule has 0 saturated heterocycles. The molecule has 84 valence electrons. The number of para-hydroxylation sites is 1. The molecule has 16 heavy (non-hydrogen) atoms. The fourth-order valence-corrected chi connectivity index (χ4v) is 1.64. The van der Waals surface area contributed by atoms with E-state index in [9.17, 15) is 0 Å². The zero-order chi connectivity index (χ0) is 11.5. The standard InChI is InChI=1S/C12H16N4/c1-4-13-12-14-10-8-6-5-7-9(10)11(15-12)16(2)3/h5-8H,4H2,1-3H3,(H,13,14,15). The van der Waals surface area contributed by atoms with Crippen molar-refractivity contribution in [2.24, 2.45) is 0 Å². The van der Waals surface area contributed by atoms with Crippen LogP contribution in [0.4, 0.5) is 11.8 Å². The van der Waals surface area contributed by atoms with Gasteiger partial charge in [-0.05, 0) is 19.1 Å². The molecule has 2 rings (SSSR count). The Hall–Kier alpha value is -1.84. The van der Waals surface area contributed by atoms with Crippen LogP contribution in [0, 0.1) is 0 Å². The first-order chi connectivity index (χ1) is 7.72. The van der Waals surface area contributed by atoms with Gasteiger partial charge < -0.3 is 10.2 Å². The fourth-order valence-electron chi connectivity index (χ4n) is 1.64. The maximum absolute atomic E-state index is 4.49. The number of aromatic nitrogens is 2. The van der Waals surface area contributed by atoms with Crippen LogP contribution in [0.1, 0.15) is 6.92 Å². The Kier molecular flexibility index (Phi) is 2.90. The van der Waals surface area contributed by atoms with Gasteiger partial charge in [-0.2, -0.15) is 4.98 Å². The van der Waals surface area contributed by atoms with Crippen molar-refractivity contribution in [2.45, 2.75) is 6.92 Å². The predicted molar refractivity (Wildman–Crippen MR) is 68.0 cm³/mol. The molecular weight excluding hydrogens is 200 g/mol. The molecule has 4 nitrogen and oxygen atoms in total. The van der Waals surface area contributed by atoms with Crippen molar-refractivity contribution < 1.29 is 0 Å². The van der Waals surface area contributed by atoms with Crippen molar-refractivity contribution in [3.05, 3.63) is 24.3 Å². The molecule has 1 aromatic carbocycles. The van der Waals surface area contributed by atoms with Gasteiger partial charge in [-0.3, -0.25) is 0 Å². The largest absolute Gasteiger partial charge is 0.362 e. The molecule has 4 heteroatoms. The number of anilines is 2. The molecule has 0 aliphatic heterocycles. The van der Waals surface area contributed by atoms with E-state index in [-0.39, 0.29) is 0 Å². The second-order valence-corrected chi connectivity index (χ2v) is 3.81. The lowest BCUT2D eigenvalue weighted by atomic mass is 10.2. The third kappa shape index (κ3) is 1.91. The molecule has 0 fully saturated rings. The summed E-state index contributed by atoms with van der Waals surface area (Å²) in [4.78, 5) is 11.0. The molecule has 0 saturated carbocycles. The summed E-state index contributed by atoms with van der Waals surface area (Å²) in [5.41, 5.74) is 0.970. The summed E-state index contributed by atoms with van der Waals surface area (Å²) in [6, 6.07) is 8.04. The first kappa shape index (κ1) is 10.7. The highest BCUT2D eigenvalue weighted by Gasteiger charge is 2.07. The molecule has 1 N–H and O–H groups in total. The first-order valence-corrected chi connectivity index (χ1v) is 5.40. The number of fused-ring (bicyclic) bond motifs is 1. The van der Waals surface area contributed by atoms with E-state index >= 15 is 0 Å². The van der Waals surface area contributed by atoms with E-state index in [0.717, 1.165) is 23.3 Å². The van der Waals surface area contributed by atoms with Gasteiger partial charge in [0.25, 0.3) is 0 Å². The average molecular weight is 216 g/mol. The summed E-state index contributed by atoms with van der Waals surface area (Å²) in [5, 5.41) is 4.22. The molecule has 0 spiro atoms. The molecule has 0 amide bonds. The fraction of sp³-hybridized carbons (Fsp3) is 0.333. The Morgan fingerprint density at radius 3 is 2.62 bits per heavy atom. The minimum atomic E-state index is 0.685. The average Bonchev–Trinajstić information content (AvgIpc) is 2.28. The van der Waals surface area contributed by atoms with Gasteiger partial charge >= 0.3 is 0 Å². The molecule has 0 bridgehead atoms. The van der Waals surface area contributed by atoms with Crippen LogP contribution >= 0.6 is 0 Å². The highest BCUT2D eigenvalue weighted by molar-refractivity contribution is 5.90. The molecule has 1 aromatic heterocycles. The van der Waals surface area contributed by atoms with Gasteiger partial charge in [0.05, 0.1) is 5.52 Å². The molecule has 0 aliphatic carbocycles. The van der Waals surface area contributed by atoms with E-state index in [1.807, 2.05) is 50.2 Å². The topological polar surface area (TPSA) is 41.1 Å². The van der Waals surface area contributed by atoms with E-state index in [1.54, 1.807) is 0 Å². The summed E-state index contributed by atoms with van der Waals surface area (Å²) < 4.78 is 0. The maximum atomic E-state index is 4.49. The molecule has 2 aromatic rings. The van der Waals surface area contributed by atoms with Crippen molar-refractivity contribution in [2.75, 3.05) is 30.9 Å². The van der Waals surface area contributed by atoms with Gasteiger partial charge in [0.2, 0.25) is 5.95 Å². The third-order valence-corrected chi connectivity index (χ3v) is 2.34. The van der Waals surface area contributed by atoms with Gasteiger partial charge in [0, 0.05) is 26.0 Å². The third-order valence-electron chi connectivity index (χ3n) is 2.34. The van der Waals surface area contributed by atoms with E-state index in [4.69, 9.17) is 0 Å². The quantitative estimate of drug-likeness (QED) is 0.853. The highest BCUT2D eigenvalue weighted by Crippen LogP contribution is 2.23. The summed E-state index contributed by atoms with van der Waals surface area (Å²) in [7, 11) is 3.98. The molecule has 1 heterocycles. The van der Waals surface area contributed by atoms with Crippen molar-refractivity contribution in [1.29, 1.82) is 0 Å². The van der Waals surface area contributed by atoms with Crippen molar-refractivity contribution in [3.63, 3.8) is 0 Å². The zero-order valence-electron chi connectivity index (χ0n) is 9.86. The van der Waals surface area contributed by atoms with Crippen molar-refractivity contribution in [1.82, 2.24) is 9.97 Å². The molecule has 0 unspecified atom stereocenters. The van der Waals surface area contributed by atoms with E-state index in [2.05, 4.69) is 15.3 Å². The molecule has 0 aliphatic rings. The lowest BCUT2D eigenvalue weighted by Crippen LogP contribution is -2.13. The van der Waals surface area contributed by atoms with Crippen LogP contribution in [0.2, 0.25) is 0 Å².